The number of para-hydroxylation sites is 1. The van der Waals surface area contributed by atoms with E-state index in [0.717, 1.165) is 16.3 Å². The van der Waals surface area contributed by atoms with Gasteiger partial charge in [0, 0.05) is 21.8 Å². The molecule has 0 saturated carbocycles. The minimum atomic E-state index is -0.464. The molecule has 170 valence electrons. The van der Waals surface area contributed by atoms with Gasteiger partial charge >= 0.3 is 0 Å². The summed E-state index contributed by atoms with van der Waals surface area (Å²) in [4.78, 5) is 24.9. The van der Waals surface area contributed by atoms with Crippen molar-refractivity contribution in [1.29, 1.82) is 0 Å². The predicted molar refractivity (Wildman–Crippen MR) is 138 cm³/mol. The number of nitrogens with one attached hydrogen (secondary N) is 3. The molecule has 0 aliphatic rings. The van der Waals surface area contributed by atoms with Crippen LogP contribution in [0.15, 0.2) is 77.7 Å². The third kappa shape index (κ3) is 7.13. The topological polar surface area (TPSA) is 70.2 Å². The number of hydrogen-bond acceptors (Lipinski definition) is 4. The molecule has 3 aromatic rings. The standard InChI is InChI=1S/C25H24FN3O2S2/c1-3-23(24(31)29-22-10-5-4-9-21(22)26)33-20-8-6-7-19(15-20)28-25(32)27-18-13-11-17(12-14-18)16(2)30/h4-15,23H,3H2,1-2H3,(H,29,31)(H2,27,28,32). The van der Waals surface area contributed by atoms with Gasteiger partial charge in [-0.15, -0.1) is 11.8 Å². The highest BCUT2D eigenvalue weighted by Crippen LogP contribution is 2.29. The van der Waals surface area contributed by atoms with Crippen molar-refractivity contribution in [2.24, 2.45) is 0 Å². The highest BCUT2D eigenvalue weighted by Gasteiger charge is 2.19. The van der Waals surface area contributed by atoms with E-state index < -0.39 is 5.82 Å². The number of benzene rings is 3. The molecule has 1 amide bonds. The molecule has 0 aliphatic carbocycles. The maximum absolute atomic E-state index is 13.9. The van der Waals surface area contributed by atoms with Crippen LogP contribution in [-0.2, 0) is 4.79 Å². The number of thioether (sulfide) groups is 1. The summed E-state index contributed by atoms with van der Waals surface area (Å²) in [6.45, 7) is 3.43. The molecule has 0 heterocycles. The first-order chi connectivity index (χ1) is 15.9. The molecule has 0 bridgehead atoms. The normalized spacial score (nSPS) is 11.4. The van der Waals surface area contributed by atoms with Gasteiger partial charge in [-0.1, -0.05) is 25.1 Å². The smallest absolute Gasteiger partial charge is 0.237 e. The van der Waals surface area contributed by atoms with Crippen LogP contribution in [0.4, 0.5) is 21.5 Å². The summed E-state index contributed by atoms with van der Waals surface area (Å²) >= 11 is 6.79. The number of halogens is 1. The number of thiocarbonyl (C=S) groups is 1. The summed E-state index contributed by atoms with van der Waals surface area (Å²) in [7, 11) is 0. The number of Topliss-reactive ketones (excluding diaryl/α,β-unsaturated/α-hetero) is 1. The third-order valence-electron chi connectivity index (χ3n) is 4.71. The Balaban J connectivity index is 1.60. The quantitative estimate of drug-likeness (QED) is 0.198. The van der Waals surface area contributed by atoms with Crippen LogP contribution >= 0.6 is 24.0 Å². The first kappa shape index (κ1) is 24.4. The van der Waals surface area contributed by atoms with E-state index in [4.69, 9.17) is 12.2 Å². The minimum absolute atomic E-state index is 0.00420. The van der Waals surface area contributed by atoms with Crippen LogP contribution in [-0.4, -0.2) is 22.1 Å². The fourth-order valence-corrected chi connectivity index (χ4v) is 4.24. The first-order valence-electron chi connectivity index (χ1n) is 10.4. The molecule has 3 N–H and O–H groups in total. The van der Waals surface area contributed by atoms with Crippen LogP contribution in [0.2, 0.25) is 0 Å². The van der Waals surface area contributed by atoms with Crippen LogP contribution in [0.1, 0.15) is 30.6 Å². The van der Waals surface area contributed by atoms with E-state index in [9.17, 15) is 14.0 Å². The minimum Gasteiger partial charge on any atom is -0.332 e. The Hall–Kier alpha value is -3.23. The number of carbonyl (C=O) groups is 2. The molecule has 0 aromatic heterocycles. The summed E-state index contributed by atoms with van der Waals surface area (Å²) in [5.41, 5.74) is 2.33. The summed E-state index contributed by atoms with van der Waals surface area (Å²) in [6.07, 6.45) is 0.582. The molecule has 3 rings (SSSR count). The number of ketones is 1. The monoisotopic (exact) mass is 481 g/mol. The molecule has 33 heavy (non-hydrogen) atoms. The molecule has 0 aliphatic heterocycles. The molecule has 0 radical (unpaired) electrons. The number of rotatable bonds is 8. The molecular formula is C25H24FN3O2S2. The summed E-state index contributed by atoms with van der Waals surface area (Å²) < 4.78 is 13.9. The molecule has 1 atom stereocenters. The van der Waals surface area contributed by atoms with Crippen LogP contribution in [0, 0.1) is 5.82 Å². The van der Waals surface area contributed by atoms with Gasteiger partial charge in [0.05, 0.1) is 10.9 Å². The van der Waals surface area contributed by atoms with Crippen LogP contribution < -0.4 is 16.0 Å². The maximum Gasteiger partial charge on any atom is 0.237 e. The van der Waals surface area contributed by atoms with Crippen molar-refractivity contribution < 1.29 is 14.0 Å². The number of hydrogen-bond donors (Lipinski definition) is 3. The van der Waals surface area contributed by atoms with Crippen molar-refractivity contribution in [2.45, 2.75) is 30.4 Å². The summed E-state index contributed by atoms with van der Waals surface area (Å²) in [6, 6.07) is 20.7. The number of carbonyl (C=O) groups excluding carboxylic acids is 2. The number of anilines is 3. The van der Waals surface area contributed by atoms with Gasteiger partial charge in [-0.05, 0) is 80.2 Å². The number of amides is 1. The first-order valence-corrected chi connectivity index (χ1v) is 11.7. The van der Waals surface area contributed by atoms with Gasteiger partial charge in [-0.2, -0.15) is 0 Å². The Morgan fingerprint density at radius 1 is 0.939 bits per heavy atom. The Morgan fingerprint density at radius 3 is 2.30 bits per heavy atom. The van der Waals surface area contributed by atoms with E-state index in [1.54, 1.807) is 36.4 Å². The van der Waals surface area contributed by atoms with E-state index >= 15 is 0 Å². The van der Waals surface area contributed by atoms with E-state index in [-0.39, 0.29) is 22.6 Å². The second kappa shape index (κ2) is 11.6. The van der Waals surface area contributed by atoms with Gasteiger partial charge in [-0.3, -0.25) is 9.59 Å². The lowest BCUT2D eigenvalue weighted by molar-refractivity contribution is -0.115. The fraction of sp³-hybridized carbons (Fsp3) is 0.160. The Bertz CT molecular complexity index is 1150. The summed E-state index contributed by atoms with van der Waals surface area (Å²) in [5, 5.41) is 8.89. The van der Waals surface area contributed by atoms with Gasteiger partial charge in [0.2, 0.25) is 5.91 Å². The van der Waals surface area contributed by atoms with Crippen molar-refractivity contribution in [3.8, 4) is 0 Å². The van der Waals surface area contributed by atoms with E-state index in [0.29, 0.717) is 17.1 Å². The third-order valence-corrected chi connectivity index (χ3v) is 6.28. The second-order valence-corrected chi connectivity index (χ2v) is 8.91. The molecule has 0 fully saturated rings. The van der Waals surface area contributed by atoms with Gasteiger partial charge < -0.3 is 16.0 Å². The molecule has 5 nitrogen and oxygen atoms in total. The van der Waals surface area contributed by atoms with Crippen molar-refractivity contribution in [2.75, 3.05) is 16.0 Å². The molecule has 1 unspecified atom stereocenters. The lowest BCUT2D eigenvalue weighted by Gasteiger charge is -2.16. The Kier molecular flexibility index (Phi) is 8.57. The van der Waals surface area contributed by atoms with Crippen LogP contribution in [0.5, 0.6) is 0 Å². The van der Waals surface area contributed by atoms with Gasteiger partial charge in [-0.25, -0.2) is 4.39 Å². The van der Waals surface area contributed by atoms with E-state index in [2.05, 4.69) is 16.0 Å². The maximum atomic E-state index is 13.9. The molecule has 0 saturated heterocycles. The van der Waals surface area contributed by atoms with E-state index in [1.807, 2.05) is 31.2 Å². The lowest BCUT2D eigenvalue weighted by atomic mass is 10.1. The molecule has 3 aromatic carbocycles. The Morgan fingerprint density at radius 2 is 1.64 bits per heavy atom. The van der Waals surface area contributed by atoms with Crippen LogP contribution in [0.3, 0.4) is 0 Å². The zero-order valence-corrected chi connectivity index (χ0v) is 19.9. The van der Waals surface area contributed by atoms with Crippen molar-refractivity contribution >= 4 is 57.8 Å². The van der Waals surface area contributed by atoms with Gasteiger partial charge in [0.25, 0.3) is 0 Å². The van der Waals surface area contributed by atoms with Gasteiger partial charge in [0.1, 0.15) is 5.82 Å². The second-order valence-electron chi connectivity index (χ2n) is 7.22. The fourth-order valence-electron chi connectivity index (χ4n) is 2.99. The SMILES string of the molecule is CCC(Sc1cccc(NC(=S)Nc2ccc(C(C)=O)cc2)c1)C(=O)Nc1ccccc1F. The van der Waals surface area contributed by atoms with Crippen molar-refractivity contribution in [1.82, 2.24) is 0 Å². The van der Waals surface area contributed by atoms with Gasteiger partial charge in [0.15, 0.2) is 10.9 Å². The lowest BCUT2D eigenvalue weighted by Crippen LogP contribution is -2.25. The molecule has 8 heteroatoms. The highest BCUT2D eigenvalue weighted by atomic mass is 32.2. The molecular weight excluding hydrogens is 457 g/mol. The zero-order chi connectivity index (χ0) is 23.8. The predicted octanol–water partition coefficient (Wildman–Crippen LogP) is 6.35. The average molecular weight is 482 g/mol. The van der Waals surface area contributed by atoms with Crippen molar-refractivity contribution in [3.63, 3.8) is 0 Å². The summed E-state index contributed by atoms with van der Waals surface area (Å²) in [5.74, 6) is -0.712. The molecule has 0 spiro atoms. The largest absolute Gasteiger partial charge is 0.332 e. The Labute approximate surface area is 202 Å². The van der Waals surface area contributed by atoms with Crippen LogP contribution in [0.25, 0.3) is 0 Å². The zero-order valence-electron chi connectivity index (χ0n) is 18.2. The van der Waals surface area contributed by atoms with E-state index in [1.165, 1.54) is 30.8 Å². The highest BCUT2D eigenvalue weighted by molar-refractivity contribution is 8.00. The average Bonchev–Trinajstić information content (AvgIpc) is 2.79. The van der Waals surface area contributed by atoms with Crippen molar-refractivity contribution in [3.05, 3.63) is 84.2 Å².